The van der Waals surface area contributed by atoms with E-state index in [-0.39, 0.29) is 43.5 Å². The van der Waals surface area contributed by atoms with Crippen LogP contribution in [0, 0.1) is 17.3 Å². The van der Waals surface area contributed by atoms with Crippen molar-refractivity contribution in [1.29, 1.82) is 0 Å². The normalized spacial score (nSPS) is 30.4. The number of fused-ring (bicyclic) bond motifs is 3. The summed E-state index contributed by atoms with van der Waals surface area (Å²) in [5, 5.41) is 2.46. The second-order valence-electron chi connectivity index (χ2n) is 16.0. The number of Topliss-reactive ketones (excluding diaryl/α,β-unsaturated/α-hetero) is 1. The van der Waals surface area contributed by atoms with Gasteiger partial charge in [-0.15, -0.1) is 6.58 Å². The van der Waals surface area contributed by atoms with Crippen molar-refractivity contribution in [3.8, 4) is 0 Å². The van der Waals surface area contributed by atoms with Crippen LogP contribution in [-0.2, 0) is 53.4 Å². The molecule has 3 heterocycles. The SMILES string of the molecule is C=C[C@@H]1C[C@]1(CC(=O)[C@@H]1C[C@@H]2CN1C(=O)[C@H](C1CCCCC1)NC(=O)CCCCCCc1cccc3c1CN(C3)C(=O)O2)C(=O)NS(=O)(=O)C1CC1. The Balaban J connectivity index is 1.16. The second kappa shape index (κ2) is 14.9. The van der Waals surface area contributed by atoms with Crippen LogP contribution in [-0.4, -0.2) is 77.8 Å². The molecule has 3 aliphatic heterocycles. The van der Waals surface area contributed by atoms with Gasteiger partial charge in [0, 0.05) is 32.4 Å². The van der Waals surface area contributed by atoms with Gasteiger partial charge in [0.25, 0.3) is 0 Å². The summed E-state index contributed by atoms with van der Waals surface area (Å²) in [4.78, 5) is 72.7. The van der Waals surface area contributed by atoms with E-state index >= 15 is 0 Å². The van der Waals surface area contributed by atoms with Crippen LogP contribution in [0.15, 0.2) is 30.9 Å². The molecule has 4 fully saturated rings. The number of hydrogen-bond acceptors (Lipinski definition) is 8. The largest absolute Gasteiger partial charge is 0.444 e. The molecule has 5 atom stereocenters. The Kier molecular flexibility index (Phi) is 10.5. The van der Waals surface area contributed by atoms with Crippen LogP contribution in [0.4, 0.5) is 4.79 Å². The number of carbonyl (C=O) groups excluding carboxylic acids is 5. The quantitative estimate of drug-likeness (QED) is 0.371. The van der Waals surface area contributed by atoms with Crippen molar-refractivity contribution in [2.24, 2.45) is 17.3 Å². The number of sulfonamides is 1. The monoisotopic (exact) mass is 736 g/mol. The van der Waals surface area contributed by atoms with Crippen molar-refractivity contribution in [3.05, 3.63) is 47.5 Å². The molecule has 13 heteroatoms. The molecular weight excluding hydrogens is 685 g/mol. The number of allylic oxidation sites excluding steroid dienone is 1. The van der Waals surface area contributed by atoms with Gasteiger partial charge < -0.3 is 15.0 Å². The molecular formula is C39H52N4O8S. The molecule has 4 bridgehead atoms. The molecule has 6 aliphatic rings. The molecule has 52 heavy (non-hydrogen) atoms. The van der Waals surface area contributed by atoms with Crippen LogP contribution in [0.25, 0.3) is 0 Å². The standard InChI is InChI=1S/C39H52N4O8S/c1-2-28-20-39(28,37(47)41-52(49,50)30-17-18-30)21-33(44)32-19-29-23-43(32)36(46)35(26-12-7-5-8-13-26)40-34(45)16-9-4-3-6-11-25-14-10-15-27-22-42(24-31(25)27)38(48)51-29/h2,10,14-15,26,28-30,32,35H,1,3-9,11-13,16-24H2,(H,40,45)(H,41,47)/t28-,29-,32+,35+,39-/m1/s1. The van der Waals surface area contributed by atoms with Crippen molar-refractivity contribution in [2.45, 2.75) is 139 Å². The first-order chi connectivity index (χ1) is 25.0. The van der Waals surface area contributed by atoms with E-state index in [1.54, 1.807) is 11.0 Å². The van der Waals surface area contributed by atoms with E-state index < -0.39 is 62.6 Å². The lowest BCUT2D eigenvalue weighted by atomic mass is 9.83. The third-order valence-electron chi connectivity index (χ3n) is 12.4. The lowest BCUT2D eigenvalue weighted by Crippen LogP contribution is -2.55. The highest BCUT2D eigenvalue weighted by Gasteiger charge is 2.61. The Morgan fingerprint density at radius 2 is 1.67 bits per heavy atom. The first-order valence-corrected chi connectivity index (χ1v) is 20.9. The predicted molar refractivity (Wildman–Crippen MR) is 192 cm³/mol. The van der Waals surface area contributed by atoms with E-state index in [0.29, 0.717) is 38.8 Å². The van der Waals surface area contributed by atoms with Gasteiger partial charge in [0.1, 0.15) is 12.1 Å². The molecule has 1 saturated heterocycles. The number of ketones is 1. The van der Waals surface area contributed by atoms with E-state index in [4.69, 9.17) is 4.74 Å². The average Bonchev–Trinajstić information content (AvgIpc) is 4.02. The number of amides is 4. The summed E-state index contributed by atoms with van der Waals surface area (Å²) < 4.78 is 33.7. The number of benzene rings is 1. The average molecular weight is 737 g/mol. The van der Waals surface area contributed by atoms with E-state index in [0.717, 1.165) is 68.9 Å². The zero-order valence-electron chi connectivity index (χ0n) is 30.0. The molecule has 0 radical (unpaired) electrons. The van der Waals surface area contributed by atoms with Crippen LogP contribution in [0.3, 0.4) is 0 Å². The van der Waals surface area contributed by atoms with E-state index in [9.17, 15) is 32.4 Å². The summed E-state index contributed by atoms with van der Waals surface area (Å²) in [7, 11) is -3.85. The van der Waals surface area contributed by atoms with Gasteiger partial charge in [0.15, 0.2) is 5.78 Å². The van der Waals surface area contributed by atoms with Gasteiger partial charge in [0.2, 0.25) is 27.7 Å². The summed E-state index contributed by atoms with van der Waals surface area (Å²) in [6.07, 6.45) is 10.5. The second-order valence-corrected chi connectivity index (χ2v) is 18.0. The van der Waals surface area contributed by atoms with E-state index in [1.807, 2.05) is 12.1 Å². The van der Waals surface area contributed by atoms with Crippen LogP contribution in [0.2, 0.25) is 0 Å². The van der Waals surface area contributed by atoms with Gasteiger partial charge in [-0.05, 0) is 79.9 Å². The highest BCUT2D eigenvalue weighted by Crippen LogP contribution is 2.57. The summed E-state index contributed by atoms with van der Waals surface area (Å²) in [6.45, 7) is 4.64. The topological polar surface area (TPSA) is 159 Å². The summed E-state index contributed by atoms with van der Waals surface area (Å²) in [5.74, 6) is -2.17. The number of nitrogens with zero attached hydrogens (tertiary/aromatic N) is 2. The Labute approximate surface area is 306 Å². The highest BCUT2D eigenvalue weighted by atomic mass is 32.2. The third-order valence-corrected chi connectivity index (χ3v) is 14.2. The number of ether oxygens (including phenoxy) is 1. The smallest absolute Gasteiger partial charge is 0.410 e. The maximum atomic E-state index is 14.7. The fraction of sp³-hybridized carbons (Fsp3) is 0.667. The van der Waals surface area contributed by atoms with Gasteiger partial charge in [-0.3, -0.25) is 28.8 Å². The zero-order valence-corrected chi connectivity index (χ0v) is 30.8. The van der Waals surface area contributed by atoms with Gasteiger partial charge in [-0.1, -0.05) is 56.4 Å². The highest BCUT2D eigenvalue weighted by molar-refractivity contribution is 7.90. The van der Waals surface area contributed by atoms with Crippen molar-refractivity contribution >= 4 is 39.6 Å². The van der Waals surface area contributed by atoms with Crippen molar-refractivity contribution < 1.29 is 37.1 Å². The number of rotatable bonds is 8. The van der Waals surface area contributed by atoms with Crippen molar-refractivity contribution in [2.75, 3.05) is 6.54 Å². The lowest BCUT2D eigenvalue weighted by molar-refractivity contribution is -0.143. The maximum Gasteiger partial charge on any atom is 0.410 e. The maximum absolute atomic E-state index is 14.7. The molecule has 1 aromatic rings. The molecule has 0 aromatic heterocycles. The van der Waals surface area contributed by atoms with E-state index in [2.05, 4.69) is 22.7 Å². The Morgan fingerprint density at radius 1 is 0.962 bits per heavy atom. The van der Waals surface area contributed by atoms with Gasteiger partial charge in [-0.2, -0.15) is 0 Å². The molecule has 4 amide bonds. The molecule has 3 aliphatic carbocycles. The molecule has 2 N–H and O–H groups in total. The Bertz CT molecular complexity index is 1720. The zero-order chi connectivity index (χ0) is 36.6. The van der Waals surface area contributed by atoms with E-state index in [1.165, 1.54) is 10.5 Å². The first-order valence-electron chi connectivity index (χ1n) is 19.4. The first kappa shape index (κ1) is 36.6. The molecule has 7 rings (SSSR count). The van der Waals surface area contributed by atoms with Gasteiger partial charge in [0.05, 0.1) is 23.3 Å². The van der Waals surface area contributed by atoms with Crippen molar-refractivity contribution in [1.82, 2.24) is 19.8 Å². The van der Waals surface area contributed by atoms with Gasteiger partial charge in [-0.25, -0.2) is 13.2 Å². The summed E-state index contributed by atoms with van der Waals surface area (Å²) in [6, 6.07) is 4.31. The number of nitrogens with one attached hydrogen (secondary N) is 2. The van der Waals surface area contributed by atoms with Crippen LogP contribution in [0.5, 0.6) is 0 Å². The Morgan fingerprint density at radius 3 is 2.38 bits per heavy atom. The van der Waals surface area contributed by atoms with Crippen LogP contribution >= 0.6 is 0 Å². The van der Waals surface area contributed by atoms with Crippen molar-refractivity contribution in [3.63, 3.8) is 0 Å². The van der Waals surface area contributed by atoms with Crippen LogP contribution < -0.4 is 10.0 Å². The third kappa shape index (κ3) is 7.66. The predicted octanol–water partition coefficient (Wildman–Crippen LogP) is 4.44. The molecule has 12 nitrogen and oxygen atoms in total. The minimum absolute atomic E-state index is 0.0216. The molecule has 0 unspecified atom stereocenters. The number of aryl methyl sites for hydroxylation is 1. The van der Waals surface area contributed by atoms with Crippen LogP contribution in [0.1, 0.15) is 113 Å². The lowest BCUT2D eigenvalue weighted by Gasteiger charge is -2.35. The fourth-order valence-electron chi connectivity index (χ4n) is 9.04. The minimum Gasteiger partial charge on any atom is -0.444 e. The Hall–Kier alpha value is -3.74. The molecule has 1 aromatic carbocycles. The molecule has 3 saturated carbocycles. The minimum atomic E-state index is -3.85. The molecule has 282 valence electrons. The van der Waals surface area contributed by atoms with Gasteiger partial charge >= 0.3 is 6.09 Å². The fourth-order valence-corrected chi connectivity index (χ4v) is 10.4. The summed E-state index contributed by atoms with van der Waals surface area (Å²) >= 11 is 0. The molecule has 0 spiro atoms. The number of hydrogen-bond donors (Lipinski definition) is 2. The number of carbonyl (C=O) groups is 5. The summed E-state index contributed by atoms with van der Waals surface area (Å²) in [5.41, 5.74) is 2.14.